The number of anilines is 1. The third kappa shape index (κ3) is 8.30. The highest BCUT2D eigenvalue weighted by Crippen LogP contribution is 2.30. The number of carbonyl (C=O) groups is 1. The van der Waals surface area contributed by atoms with Crippen LogP contribution in [0.25, 0.3) is 0 Å². The number of rotatable bonds is 9. The van der Waals surface area contributed by atoms with Crippen LogP contribution in [0.3, 0.4) is 0 Å². The Bertz CT molecular complexity index is 957. The summed E-state index contributed by atoms with van der Waals surface area (Å²) in [5.41, 5.74) is 2.36. The van der Waals surface area contributed by atoms with E-state index in [1.807, 2.05) is 39.0 Å². The molecule has 0 aromatic heterocycles. The first-order chi connectivity index (χ1) is 15.0. The van der Waals surface area contributed by atoms with Gasteiger partial charge in [-0.2, -0.15) is 0 Å². The van der Waals surface area contributed by atoms with Gasteiger partial charge < -0.3 is 25.4 Å². The van der Waals surface area contributed by atoms with E-state index < -0.39 is 0 Å². The Labute approximate surface area is 207 Å². The lowest BCUT2D eigenvalue weighted by atomic mass is 10.1. The van der Waals surface area contributed by atoms with E-state index in [-0.39, 0.29) is 42.5 Å². The Morgan fingerprint density at radius 2 is 1.84 bits per heavy atom. The molecule has 0 aliphatic carbocycles. The van der Waals surface area contributed by atoms with Gasteiger partial charge in [-0.15, -0.1) is 30.4 Å². The molecule has 0 spiro atoms. The zero-order valence-electron chi connectivity index (χ0n) is 18.9. The third-order valence-corrected chi connectivity index (χ3v) is 4.37. The van der Waals surface area contributed by atoms with Crippen molar-refractivity contribution in [3.8, 4) is 23.8 Å². The van der Waals surface area contributed by atoms with E-state index in [1.54, 1.807) is 31.3 Å². The largest absolute Gasteiger partial charge is 0.490 e. The van der Waals surface area contributed by atoms with Crippen LogP contribution in [0.4, 0.5) is 5.69 Å². The molecule has 1 unspecified atom stereocenters. The number of halogens is 1. The number of terminal acetylenes is 1. The van der Waals surface area contributed by atoms with Gasteiger partial charge in [-0.1, -0.05) is 18.1 Å². The first-order valence-electron chi connectivity index (χ1n) is 10.2. The van der Waals surface area contributed by atoms with Gasteiger partial charge in [0.25, 0.3) is 0 Å². The van der Waals surface area contributed by atoms with Crippen LogP contribution in [-0.2, 0) is 4.79 Å². The van der Waals surface area contributed by atoms with Gasteiger partial charge in [0.15, 0.2) is 17.5 Å². The van der Waals surface area contributed by atoms with Crippen molar-refractivity contribution >= 4 is 41.5 Å². The number of benzene rings is 2. The fourth-order valence-corrected chi connectivity index (χ4v) is 2.88. The molecule has 172 valence electrons. The molecular formula is C24H31IN4O3. The van der Waals surface area contributed by atoms with E-state index in [2.05, 4.69) is 26.9 Å². The summed E-state index contributed by atoms with van der Waals surface area (Å²) in [6, 6.07) is 12.9. The molecular weight excluding hydrogens is 519 g/mol. The van der Waals surface area contributed by atoms with Crippen LogP contribution in [-0.4, -0.2) is 38.7 Å². The fraction of sp³-hybridized carbons (Fsp3) is 0.333. The molecule has 0 aliphatic heterocycles. The van der Waals surface area contributed by atoms with Gasteiger partial charge in [-0.05, 0) is 56.7 Å². The Balaban J connectivity index is 0.00000512. The van der Waals surface area contributed by atoms with Gasteiger partial charge >= 0.3 is 0 Å². The van der Waals surface area contributed by atoms with Gasteiger partial charge in [-0.3, -0.25) is 9.79 Å². The topological polar surface area (TPSA) is 84.0 Å². The van der Waals surface area contributed by atoms with Gasteiger partial charge in [0.2, 0.25) is 5.91 Å². The second kappa shape index (κ2) is 14.2. The number of hydrogen-bond acceptors (Lipinski definition) is 4. The SMILES string of the molecule is C#Cc1cccc(NC(=O)CNC(=NC)NC(C)c2ccc(OCC)c(OCC)c2)c1.I. The van der Waals surface area contributed by atoms with Gasteiger partial charge in [-0.25, -0.2) is 0 Å². The molecule has 2 aromatic carbocycles. The van der Waals surface area contributed by atoms with Crippen molar-refractivity contribution in [1.82, 2.24) is 10.6 Å². The third-order valence-electron chi connectivity index (χ3n) is 4.37. The van der Waals surface area contributed by atoms with E-state index >= 15 is 0 Å². The molecule has 0 bridgehead atoms. The van der Waals surface area contributed by atoms with Crippen LogP contribution >= 0.6 is 24.0 Å². The minimum Gasteiger partial charge on any atom is -0.490 e. The second-order valence-corrected chi connectivity index (χ2v) is 6.64. The van der Waals surface area contributed by atoms with Crippen LogP contribution in [0, 0.1) is 12.3 Å². The molecule has 0 saturated carbocycles. The molecule has 2 aromatic rings. The summed E-state index contributed by atoms with van der Waals surface area (Å²) in [6.45, 7) is 7.05. The van der Waals surface area contributed by atoms with Gasteiger partial charge in [0.05, 0.1) is 25.8 Å². The van der Waals surface area contributed by atoms with Crippen molar-refractivity contribution in [2.75, 3.05) is 32.1 Å². The highest BCUT2D eigenvalue weighted by molar-refractivity contribution is 14.0. The molecule has 0 saturated heterocycles. The number of amides is 1. The molecule has 1 atom stereocenters. The van der Waals surface area contributed by atoms with Gasteiger partial charge in [0.1, 0.15) is 0 Å². The predicted octanol–water partition coefficient (Wildman–Crippen LogP) is 3.95. The zero-order valence-corrected chi connectivity index (χ0v) is 21.2. The molecule has 32 heavy (non-hydrogen) atoms. The molecule has 0 radical (unpaired) electrons. The smallest absolute Gasteiger partial charge is 0.243 e. The van der Waals surface area contributed by atoms with E-state index in [0.29, 0.717) is 41.9 Å². The summed E-state index contributed by atoms with van der Waals surface area (Å²) in [7, 11) is 1.65. The molecule has 0 fully saturated rings. The Morgan fingerprint density at radius 1 is 1.12 bits per heavy atom. The van der Waals surface area contributed by atoms with Crippen LogP contribution in [0.1, 0.15) is 37.9 Å². The molecule has 1 amide bonds. The molecule has 8 heteroatoms. The molecule has 0 aliphatic rings. The Hall–Kier alpha value is -2.93. The highest BCUT2D eigenvalue weighted by atomic mass is 127. The first kappa shape index (κ1) is 27.1. The Morgan fingerprint density at radius 3 is 2.50 bits per heavy atom. The van der Waals surface area contributed by atoms with Crippen molar-refractivity contribution < 1.29 is 14.3 Å². The van der Waals surface area contributed by atoms with Crippen LogP contribution < -0.4 is 25.4 Å². The molecule has 7 nitrogen and oxygen atoms in total. The molecule has 0 heterocycles. The summed E-state index contributed by atoms with van der Waals surface area (Å²) < 4.78 is 11.3. The molecule has 2 rings (SSSR count). The van der Waals surface area contributed by atoms with Crippen molar-refractivity contribution in [2.24, 2.45) is 4.99 Å². The lowest BCUT2D eigenvalue weighted by Crippen LogP contribution is -2.42. The van der Waals surface area contributed by atoms with Crippen molar-refractivity contribution in [3.05, 3.63) is 53.6 Å². The number of hydrogen-bond donors (Lipinski definition) is 3. The van der Waals surface area contributed by atoms with Gasteiger partial charge in [0, 0.05) is 18.3 Å². The zero-order chi connectivity index (χ0) is 22.6. The highest BCUT2D eigenvalue weighted by Gasteiger charge is 2.13. The van der Waals surface area contributed by atoms with Crippen molar-refractivity contribution in [2.45, 2.75) is 26.8 Å². The second-order valence-electron chi connectivity index (χ2n) is 6.64. The Kier molecular flexibility index (Phi) is 12.0. The average molecular weight is 550 g/mol. The number of nitrogens with one attached hydrogen (secondary N) is 3. The van der Waals surface area contributed by atoms with Crippen LogP contribution in [0.15, 0.2) is 47.5 Å². The first-order valence-corrected chi connectivity index (χ1v) is 10.2. The number of aliphatic imine (C=N–C) groups is 1. The minimum atomic E-state index is -0.204. The summed E-state index contributed by atoms with van der Waals surface area (Å²) in [6.07, 6.45) is 5.40. The summed E-state index contributed by atoms with van der Waals surface area (Å²) >= 11 is 0. The maximum Gasteiger partial charge on any atom is 0.243 e. The number of carbonyl (C=O) groups excluding carboxylic acids is 1. The van der Waals surface area contributed by atoms with E-state index in [4.69, 9.17) is 15.9 Å². The maximum absolute atomic E-state index is 12.3. The predicted molar refractivity (Wildman–Crippen MR) is 140 cm³/mol. The maximum atomic E-state index is 12.3. The van der Waals surface area contributed by atoms with Crippen LogP contribution in [0.5, 0.6) is 11.5 Å². The van der Waals surface area contributed by atoms with Crippen molar-refractivity contribution in [3.63, 3.8) is 0 Å². The lowest BCUT2D eigenvalue weighted by Gasteiger charge is -2.20. The fourth-order valence-electron chi connectivity index (χ4n) is 2.88. The average Bonchev–Trinajstić information content (AvgIpc) is 2.78. The normalized spacial score (nSPS) is 11.4. The van der Waals surface area contributed by atoms with E-state index in [0.717, 1.165) is 5.56 Å². The quantitative estimate of drug-likeness (QED) is 0.191. The number of ether oxygens (including phenoxy) is 2. The van der Waals surface area contributed by atoms with E-state index in [1.165, 1.54) is 0 Å². The summed E-state index contributed by atoms with van der Waals surface area (Å²) in [5.74, 6) is 4.27. The monoisotopic (exact) mass is 550 g/mol. The summed E-state index contributed by atoms with van der Waals surface area (Å²) in [4.78, 5) is 16.5. The number of guanidine groups is 1. The lowest BCUT2D eigenvalue weighted by molar-refractivity contribution is -0.115. The van der Waals surface area contributed by atoms with E-state index in [9.17, 15) is 4.79 Å². The van der Waals surface area contributed by atoms with Crippen molar-refractivity contribution in [1.29, 1.82) is 0 Å². The summed E-state index contributed by atoms with van der Waals surface area (Å²) in [5, 5.41) is 9.11. The molecule has 3 N–H and O–H groups in total. The number of nitrogens with zero attached hydrogens (tertiary/aromatic N) is 1. The van der Waals surface area contributed by atoms with Crippen LogP contribution in [0.2, 0.25) is 0 Å². The standard InChI is InChI=1S/C24H30N4O3.HI/c1-6-18-10-9-11-20(14-18)28-23(29)16-26-24(25-5)27-17(4)19-12-13-21(30-7-2)22(15-19)31-8-3;/h1,9-15,17H,7-8,16H2,2-5H3,(H,28,29)(H2,25,26,27);1H. The minimum absolute atomic E-state index is 0.